The van der Waals surface area contributed by atoms with Crippen LogP contribution in [0.25, 0.3) is 0 Å². The Balaban J connectivity index is 1.73. The summed E-state index contributed by atoms with van der Waals surface area (Å²) in [5.74, 6) is -1.04. The van der Waals surface area contributed by atoms with Crippen molar-refractivity contribution in [3.8, 4) is 0 Å². The van der Waals surface area contributed by atoms with E-state index in [1.807, 2.05) is 51.1 Å². The molecule has 0 saturated carbocycles. The Morgan fingerprint density at radius 1 is 0.800 bits per heavy atom. The van der Waals surface area contributed by atoms with Gasteiger partial charge in [-0.25, -0.2) is 0 Å². The van der Waals surface area contributed by atoms with E-state index in [1.165, 1.54) is 4.90 Å². The number of hydrogen-bond acceptors (Lipinski definition) is 3. The van der Waals surface area contributed by atoms with Crippen molar-refractivity contribution in [3.05, 3.63) is 100 Å². The lowest BCUT2D eigenvalue weighted by Gasteiger charge is -2.27. The van der Waals surface area contributed by atoms with E-state index < -0.39 is 0 Å². The minimum atomic E-state index is -0.388. The lowest BCUT2D eigenvalue weighted by Crippen LogP contribution is -2.44. The molecule has 0 aromatic heterocycles. The number of carbonyl (C=O) groups is 3. The third-order valence-corrected chi connectivity index (χ3v) is 5.51. The fourth-order valence-electron chi connectivity index (χ4n) is 3.52. The summed E-state index contributed by atoms with van der Waals surface area (Å²) in [6.07, 6.45) is 0. The van der Waals surface area contributed by atoms with E-state index in [9.17, 15) is 14.4 Å². The zero-order chi connectivity index (χ0) is 21.4. The van der Waals surface area contributed by atoms with Gasteiger partial charge in [0.05, 0.1) is 11.1 Å². The number of imide groups is 1. The second-order valence-corrected chi connectivity index (χ2v) is 7.59. The summed E-state index contributed by atoms with van der Waals surface area (Å²) < 4.78 is 0. The lowest BCUT2D eigenvalue weighted by atomic mass is 10.1. The normalized spacial score (nSPS) is 12.8. The molecule has 0 atom stereocenters. The molecule has 3 aromatic carbocycles. The number of hydrogen-bond donors (Lipinski definition) is 0. The Bertz CT molecular complexity index is 1130. The van der Waals surface area contributed by atoms with Gasteiger partial charge >= 0.3 is 0 Å². The standard InChI is InChI=1S/C25H22N2O3/c1-16-8-11-19(12-9-16)23(28)26(20-13-10-17(2)18(3)14-20)15-27-24(29)21-6-4-5-7-22(21)25(27)30/h4-14H,15H2,1-3H3. The van der Waals surface area contributed by atoms with Crippen LogP contribution in [0.2, 0.25) is 0 Å². The van der Waals surface area contributed by atoms with Crippen LogP contribution in [0.3, 0.4) is 0 Å². The van der Waals surface area contributed by atoms with E-state index >= 15 is 0 Å². The first kappa shape index (κ1) is 19.6. The van der Waals surface area contributed by atoms with Crippen LogP contribution >= 0.6 is 0 Å². The second-order valence-electron chi connectivity index (χ2n) is 7.59. The molecule has 0 saturated heterocycles. The Labute approximate surface area is 175 Å². The molecule has 3 amide bonds. The molecule has 1 heterocycles. The first-order valence-corrected chi connectivity index (χ1v) is 9.78. The lowest BCUT2D eigenvalue weighted by molar-refractivity contribution is 0.0650. The first-order chi connectivity index (χ1) is 14.4. The highest BCUT2D eigenvalue weighted by molar-refractivity contribution is 6.22. The zero-order valence-corrected chi connectivity index (χ0v) is 17.2. The van der Waals surface area contributed by atoms with Crippen molar-refractivity contribution in [2.24, 2.45) is 0 Å². The van der Waals surface area contributed by atoms with Crippen molar-refractivity contribution in [1.82, 2.24) is 4.90 Å². The third-order valence-electron chi connectivity index (χ3n) is 5.51. The Morgan fingerprint density at radius 3 is 1.97 bits per heavy atom. The molecular formula is C25H22N2O3. The van der Waals surface area contributed by atoms with Crippen LogP contribution in [0.1, 0.15) is 47.8 Å². The fourth-order valence-corrected chi connectivity index (χ4v) is 3.52. The molecule has 30 heavy (non-hydrogen) atoms. The van der Waals surface area contributed by atoms with Crippen molar-refractivity contribution >= 4 is 23.4 Å². The van der Waals surface area contributed by atoms with Gasteiger partial charge in [0.15, 0.2) is 0 Å². The predicted molar refractivity (Wildman–Crippen MR) is 116 cm³/mol. The molecular weight excluding hydrogens is 376 g/mol. The molecule has 0 aliphatic carbocycles. The minimum absolute atomic E-state index is 0.151. The van der Waals surface area contributed by atoms with Crippen LogP contribution < -0.4 is 4.90 Å². The summed E-state index contributed by atoms with van der Waals surface area (Å²) in [5.41, 5.74) is 5.04. The van der Waals surface area contributed by atoms with Crippen molar-refractivity contribution in [2.75, 3.05) is 11.6 Å². The van der Waals surface area contributed by atoms with Crippen molar-refractivity contribution < 1.29 is 14.4 Å². The van der Waals surface area contributed by atoms with Crippen molar-refractivity contribution in [3.63, 3.8) is 0 Å². The second kappa shape index (κ2) is 7.59. The molecule has 0 radical (unpaired) electrons. The molecule has 0 unspecified atom stereocenters. The van der Waals surface area contributed by atoms with Crippen LogP contribution in [0.5, 0.6) is 0 Å². The summed E-state index contributed by atoms with van der Waals surface area (Å²) >= 11 is 0. The van der Waals surface area contributed by atoms with E-state index in [-0.39, 0.29) is 24.4 Å². The summed E-state index contributed by atoms with van der Waals surface area (Å²) in [6, 6.07) is 19.7. The number of aryl methyl sites for hydroxylation is 3. The van der Waals surface area contributed by atoms with Crippen LogP contribution in [0.4, 0.5) is 5.69 Å². The minimum Gasteiger partial charge on any atom is -0.290 e. The smallest absolute Gasteiger partial charge is 0.263 e. The maximum Gasteiger partial charge on any atom is 0.263 e. The topological polar surface area (TPSA) is 57.7 Å². The number of rotatable bonds is 4. The third kappa shape index (κ3) is 3.39. The molecule has 1 aliphatic heterocycles. The monoisotopic (exact) mass is 398 g/mol. The van der Waals surface area contributed by atoms with E-state index in [4.69, 9.17) is 0 Å². The molecule has 5 nitrogen and oxygen atoms in total. The summed E-state index contributed by atoms with van der Waals surface area (Å²) in [6.45, 7) is 5.76. The van der Waals surface area contributed by atoms with Gasteiger partial charge in [-0.1, -0.05) is 35.9 Å². The van der Waals surface area contributed by atoms with Gasteiger partial charge in [0.2, 0.25) is 0 Å². The molecule has 150 valence electrons. The molecule has 4 rings (SSSR count). The van der Waals surface area contributed by atoms with E-state index in [0.717, 1.165) is 21.6 Å². The van der Waals surface area contributed by atoms with Gasteiger partial charge in [-0.05, 0) is 68.3 Å². The van der Waals surface area contributed by atoms with Crippen LogP contribution in [0, 0.1) is 20.8 Å². The van der Waals surface area contributed by atoms with Crippen molar-refractivity contribution in [1.29, 1.82) is 0 Å². The molecule has 0 fully saturated rings. The summed E-state index contributed by atoms with van der Waals surface area (Å²) in [5, 5.41) is 0. The molecule has 0 N–H and O–H groups in total. The Hall–Kier alpha value is -3.73. The largest absolute Gasteiger partial charge is 0.290 e. The van der Waals surface area contributed by atoms with Crippen LogP contribution in [-0.2, 0) is 0 Å². The number of nitrogens with zero attached hydrogens (tertiary/aromatic N) is 2. The van der Waals surface area contributed by atoms with E-state index in [0.29, 0.717) is 22.4 Å². The fraction of sp³-hybridized carbons (Fsp3) is 0.160. The molecule has 0 spiro atoms. The highest BCUT2D eigenvalue weighted by Crippen LogP contribution is 2.26. The van der Waals surface area contributed by atoms with Gasteiger partial charge in [-0.3, -0.25) is 24.2 Å². The highest BCUT2D eigenvalue weighted by atomic mass is 16.2. The average molecular weight is 398 g/mol. The number of carbonyl (C=O) groups excluding carboxylic acids is 3. The van der Waals surface area contributed by atoms with Gasteiger partial charge in [0.1, 0.15) is 6.67 Å². The number of fused-ring (bicyclic) bond motifs is 1. The van der Waals surface area contributed by atoms with Gasteiger partial charge in [-0.2, -0.15) is 0 Å². The molecule has 1 aliphatic rings. The molecule has 3 aromatic rings. The summed E-state index contributed by atoms with van der Waals surface area (Å²) in [4.78, 5) is 41.8. The van der Waals surface area contributed by atoms with Gasteiger partial charge in [0.25, 0.3) is 17.7 Å². The zero-order valence-electron chi connectivity index (χ0n) is 17.2. The van der Waals surface area contributed by atoms with Gasteiger partial charge < -0.3 is 0 Å². The number of benzene rings is 3. The number of anilines is 1. The maximum absolute atomic E-state index is 13.4. The Kier molecular flexibility index (Phi) is 4.96. The maximum atomic E-state index is 13.4. The molecule has 5 heteroatoms. The van der Waals surface area contributed by atoms with E-state index in [1.54, 1.807) is 36.4 Å². The summed E-state index contributed by atoms with van der Waals surface area (Å²) in [7, 11) is 0. The van der Waals surface area contributed by atoms with E-state index in [2.05, 4.69) is 0 Å². The quantitative estimate of drug-likeness (QED) is 0.608. The van der Waals surface area contributed by atoms with Gasteiger partial charge in [-0.15, -0.1) is 0 Å². The number of amides is 3. The Morgan fingerprint density at radius 2 is 1.40 bits per heavy atom. The van der Waals surface area contributed by atoms with Crippen molar-refractivity contribution in [2.45, 2.75) is 20.8 Å². The SMILES string of the molecule is Cc1ccc(C(=O)N(CN2C(=O)c3ccccc3C2=O)c2ccc(C)c(C)c2)cc1. The predicted octanol–water partition coefficient (Wildman–Crippen LogP) is 4.51. The van der Waals surface area contributed by atoms with Gasteiger partial charge in [0, 0.05) is 11.3 Å². The highest BCUT2D eigenvalue weighted by Gasteiger charge is 2.37. The van der Waals surface area contributed by atoms with Crippen LogP contribution in [-0.4, -0.2) is 29.3 Å². The van der Waals surface area contributed by atoms with Crippen LogP contribution in [0.15, 0.2) is 66.7 Å². The average Bonchev–Trinajstić information content (AvgIpc) is 2.99. The first-order valence-electron chi connectivity index (χ1n) is 9.78. The molecule has 0 bridgehead atoms.